The summed E-state index contributed by atoms with van der Waals surface area (Å²) in [5, 5.41) is 8.07. The summed E-state index contributed by atoms with van der Waals surface area (Å²) < 4.78 is 3.67. The SMILES string of the molecule is CCCCC(P)(CCCC)CCCC.COC(=O)O.N. The van der Waals surface area contributed by atoms with Crippen molar-refractivity contribution >= 4 is 15.4 Å². The average Bonchev–Trinajstić information content (AvgIpc) is 2.41. The van der Waals surface area contributed by atoms with Gasteiger partial charge in [-0.05, 0) is 24.4 Å². The van der Waals surface area contributed by atoms with E-state index in [1.807, 2.05) is 0 Å². The third-order valence-corrected chi connectivity index (χ3v) is 4.13. The average molecular weight is 309 g/mol. The number of hydrogen-bond acceptors (Lipinski definition) is 3. The monoisotopic (exact) mass is 309 g/mol. The van der Waals surface area contributed by atoms with E-state index in [4.69, 9.17) is 9.90 Å². The van der Waals surface area contributed by atoms with Gasteiger partial charge in [0.2, 0.25) is 0 Å². The van der Waals surface area contributed by atoms with Crippen LogP contribution >= 0.6 is 9.24 Å². The van der Waals surface area contributed by atoms with Gasteiger partial charge in [0.25, 0.3) is 0 Å². The van der Waals surface area contributed by atoms with Gasteiger partial charge in [-0.1, -0.05) is 59.3 Å². The highest BCUT2D eigenvalue weighted by Crippen LogP contribution is 2.36. The fraction of sp³-hybridized carbons (Fsp3) is 0.933. The molecule has 1 unspecified atom stereocenters. The smallest absolute Gasteiger partial charge is 0.450 e. The van der Waals surface area contributed by atoms with Crippen molar-refractivity contribution in [2.75, 3.05) is 7.11 Å². The fourth-order valence-corrected chi connectivity index (χ4v) is 2.57. The Morgan fingerprint density at radius 3 is 1.40 bits per heavy atom. The summed E-state index contributed by atoms with van der Waals surface area (Å²) in [5.41, 5.74) is 0. The first-order chi connectivity index (χ1) is 8.95. The second kappa shape index (κ2) is 16.7. The molecule has 0 spiro atoms. The normalized spacial score (nSPS) is 10.1. The van der Waals surface area contributed by atoms with Crippen molar-refractivity contribution in [3.8, 4) is 0 Å². The first-order valence-corrected chi connectivity index (χ1v) is 8.09. The third kappa shape index (κ3) is 17.7. The van der Waals surface area contributed by atoms with E-state index < -0.39 is 6.16 Å². The van der Waals surface area contributed by atoms with Crippen LogP contribution in [0.4, 0.5) is 4.79 Å². The van der Waals surface area contributed by atoms with Crippen LogP contribution in [0.1, 0.15) is 78.6 Å². The number of unbranched alkanes of at least 4 members (excludes halogenated alkanes) is 3. The highest BCUT2D eigenvalue weighted by Gasteiger charge is 2.22. The molecule has 5 heteroatoms. The quantitative estimate of drug-likeness (QED) is 0.426. The number of carboxylic acid groups (broad SMARTS) is 1. The van der Waals surface area contributed by atoms with Crippen molar-refractivity contribution in [1.29, 1.82) is 0 Å². The Kier molecular flexibility index (Phi) is 20.6. The zero-order valence-corrected chi connectivity index (χ0v) is 15.1. The maximum Gasteiger partial charge on any atom is 0.505 e. The lowest BCUT2D eigenvalue weighted by Crippen LogP contribution is -2.20. The van der Waals surface area contributed by atoms with Gasteiger partial charge in [-0.3, -0.25) is 0 Å². The topological polar surface area (TPSA) is 81.5 Å². The molecule has 0 amide bonds. The molecule has 0 aromatic heterocycles. The molecule has 0 fully saturated rings. The first-order valence-electron chi connectivity index (χ1n) is 7.51. The summed E-state index contributed by atoms with van der Waals surface area (Å²) in [5.74, 6) is 0. The minimum absolute atomic E-state index is 0. The van der Waals surface area contributed by atoms with Gasteiger partial charge in [0, 0.05) is 0 Å². The lowest BCUT2D eigenvalue weighted by molar-refractivity contribution is 0.114. The molecule has 0 aromatic carbocycles. The summed E-state index contributed by atoms with van der Waals surface area (Å²) in [6.07, 6.45) is 11.2. The van der Waals surface area contributed by atoms with Gasteiger partial charge in [0.05, 0.1) is 7.11 Å². The summed E-state index contributed by atoms with van der Waals surface area (Å²) in [4.78, 5) is 9.15. The molecular weight excluding hydrogens is 273 g/mol. The fourth-order valence-electron chi connectivity index (χ4n) is 1.96. The van der Waals surface area contributed by atoms with Crippen LogP contribution in [0.5, 0.6) is 0 Å². The van der Waals surface area contributed by atoms with Crippen molar-refractivity contribution in [2.45, 2.75) is 83.7 Å². The summed E-state index contributed by atoms with van der Waals surface area (Å²) in [6.45, 7) is 6.89. The van der Waals surface area contributed by atoms with E-state index in [2.05, 4.69) is 34.7 Å². The van der Waals surface area contributed by atoms with Crippen LogP contribution in [-0.4, -0.2) is 23.5 Å². The number of rotatable bonds is 9. The Balaban J connectivity index is -0.000000414. The van der Waals surface area contributed by atoms with E-state index in [1.54, 1.807) is 0 Å². The van der Waals surface area contributed by atoms with E-state index in [9.17, 15) is 0 Å². The van der Waals surface area contributed by atoms with Crippen molar-refractivity contribution in [1.82, 2.24) is 6.15 Å². The van der Waals surface area contributed by atoms with Crippen LogP contribution in [0.15, 0.2) is 0 Å². The number of carbonyl (C=O) groups is 1. The lowest BCUT2D eigenvalue weighted by atomic mass is 9.90. The van der Waals surface area contributed by atoms with E-state index >= 15 is 0 Å². The van der Waals surface area contributed by atoms with E-state index in [1.165, 1.54) is 57.8 Å². The highest BCUT2D eigenvalue weighted by atomic mass is 31.0. The zero-order valence-electron chi connectivity index (χ0n) is 13.9. The summed E-state index contributed by atoms with van der Waals surface area (Å²) >= 11 is 0. The van der Waals surface area contributed by atoms with Crippen LogP contribution < -0.4 is 6.15 Å². The summed E-state index contributed by atoms with van der Waals surface area (Å²) in [7, 11) is 4.27. The van der Waals surface area contributed by atoms with E-state index in [-0.39, 0.29) is 6.15 Å². The van der Waals surface area contributed by atoms with Crippen molar-refractivity contribution < 1.29 is 14.6 Å². The maximum absolute atomic E-state index is 9.15. The molecule has 0 radical (unpaired) electrons. The van der Waals surface area contributed by atoms with E-state index in [0.29, 0.717) is 5.16 Å². The van der Waals surface area contributed by atoms with Crippen LogP contribution in [-0.2, 0) is 4.74 Å². The predicted molar refractivity (Wildman–Crippen MR) is 91.1 cm³/mol. The molecule has 0 aliphatic heterocycles. The van der Waals surface area contributed by atoms with Gasteiger partial charge in [0.15, 0.2) is 0 Å². The minimum Gasteiger partial charge on any atom is -0.450 e. The molecule has 0 aliphatic rings. The highest BCUT2D eigenvalue weighted by molar-refractivity contribution is 7.19. The molecule has 0 saturated carbocycles. The largest absolute Gasteiger partial charge is 0.505 e. The first kappa shape index (κ1) is 24.7. The van der Waals surface area contributed by atoms with Crippen molar-refractivity contribution in [2.24, 2.45) is 0 Å². The van der Waals surface area contributed by atoms with Gasteiger partial charge in [-0.2, -0.15) is 0 Å². The van der Waals surface area contributed by atoms with Gasteiger partial charge in [-0.25, -0.2) is 4.79 Å². The van der Waals surface area contributed by atoms with Gasteiger partial charge < -0.3 is 16.0 Å². The standard InChI is InChI=1S/C13H29P.C2H4O3.H3N/c1-4-7-10-13(14,11-8-5-2)12-9-6-3;1-5-2(3)4;/h4-12,14H2,1-3H3;1H3,(H,3,4);1H3. The lowest BCUT2D eigenvalue weighted by Gasteiger charge is -2.29. The van der Waals surface area contributed by atoms with Gasteiger partial charge in [-0.15, -0.1) is 9.24 Å². The molecule has 20 heavy (non-hydrogen) atoms. The molecular formula is C15H36NO3P. The Morgan fingerprint density at radius 2 is 1.25 bits per heavy atom. The van der Waals surface area contributed by atoms with Crippen LogP contribution in [0.25, 0.3) is 0 Å². The maximum atomic E-state index is 9.15. The van der Waals surface area contributed by atoms with E-state index in [0.717, 1.165) is 7.11 Å². The molecule has 124 valence electrons. The molecule has 1 atom stereocenters. The zero-order chi connectivity index (χ0) is 15.1. The molecule has 0 saturated heterocycles. The van der Waals surface area contributed by atoms with Crippen LogP contribution in [0.3, 0.4) is 0 Å². The van der Waals surface area contributed by atoms with Gasteiger partial charge in [0.1, 0.15) is 0 Å². The molecule has 0 aromatic rings. The number of methoxy groups -OCH3 is 1. The second-order valence-corrected chi connectivity index (χ2v) is 6.37. The Labute approximate surface area is 127 Å². The predicted octanol–water partition coefficient (Wildman–Crippen LogP) is 5.64. The Morgan fingerprint density at radius 1 is 1.00 bits per heavy atom. The molecule has 0 heterocycles. The molecule has 4 nitrogen and oxygen atoms in total. The van der Waals surface area contributed by atoms with Crippen molar-refractivity contribution in [3.05, 3.63) is 0 Å². The third-order valence-electron chi connectivity index (χ3n) is 3.26. The van der Waals surface area contributed by atoms with Gasteiger partial charge >= 0.3 is 6.16 Å². The number of ether oxygens (including phenoxy) is 1. The van der Waals surface area contributed by atoms with Crippen LogP contribution in [0.2, 0.25) is 0 Å². The molecule has 4 N–H and O–H groups in total. The van der Waals surface area contributed by atoms with Crippen LogP contribution in [0, 0.1) is 0 Å². The molecule has 0 rings (SSSR count). The molecule has 0 aliphatic carbocycles. The second-order valence-electron chi connectivity index (χ2n) is 5.14. The minimum atomic E-state index is -1.25. The Hall–Kier alpha value is -0.340. The summed E-state index contributed by atoms with van der Waals surface area (Å²) in [6, 6.07) is 0. The van der Waals surface area contributed by atoms with Crippen molar-refractivity contribution in [3.63, 3.8) is 0 Å². The molecule has 0 bridgehead atoms. The Bertz CT molecular complexity index is 192. The number of hydrogen-bond donors (Lipinski definition) is 2.